The molecule has 1 atom stereocenters. The molecule has 1 aromatic carbocycles. The first-order chi connectivity index (χ1) is 9.43. The molecule has 0 aliphatic heterocycles. The first kappa shape index (κ1) is 16.2. The number of hydrogen-bond donors (Lipinski definition) is 1. The smallest absolute Gasteiger partial charge is 0.315 e. The van der Waals surface area contributed by atoms with Gasteiger partial charge >= 0.3 is 5.97 Å². The third-order valence-electron chi connectivity index (χ3n) is 2.53. The van der Waals surface area contributed by atoms with Crippen molar-refractivity contribution in [3.63, 3.8) is 0 Å². The molecular weight excluding hydrogens is 282 g/mol. The largest absolute Gasteiger partial charge is 0.466 e. The van der Waals surface area contributed by atoms with Crippen molar-refractivity contribution >= 4 is 29.3 Å². The Kier molecular flexibility index (Phi) is 6.18. The minimum Gasteiger partial charge on any atom is -0.466 e. The second-order valence-electron chi connectivity index (χ2n) is 4.14. The molecule has 0 heterocycles. The highest BCUT2D eigenvalue weighted by atomic mass is 35.5. The number of rotatable bonds is 6. The Hall–Kier alpha value is -1.88. The van der Waals surface area contributed by atoms with Gasteiger partial charge in [-0.25, -0.2) is 0 Å². The van der Waals surface area contributed by atoms with Crippen LogP contribution in [0.15, 0.2) is 24.3 Å². The normalized spacial score (nSPS) is 11.6. The molecule has 1 rings (SSSR count). The number of nitrogens with one attached hydrogen (secondary N) is 1. The summed E-state index contributed by atoms with van der Waals surface area (Å²) in [5.41, 5.74) is 0.610. The van der Waals surface area contributed by atoms with Crippen LogP contribution in [0.25, 0.3) is 0 Å². The Balaban J connectivity index is 2.73. The number of amides is 1. The molecule has 0 saturated heterocycles. The summed E-state index contributed by atoms with van der Waals surface area (Å²) in [5.74, 6) is -1.41. The monoisotopic (exact) mass is 297 g/mol. The molecule has 1 unspecified atom stereocenters. The van der Waals surface area contributed by atoms with Crippen LogP contribution in [0.1, 0.15) is 31.9 Å². The van der Waals surface area contributed by atoms with Gasteiger partial charge in [-0.05, 0) is 31.5 Å². The number of esters is 1. The molecule has 0 aliphatic rings. The fourth-order valence-corrected chi connectivity index (χ4v) is 1.76. The van der Waals surface area contributed by atoms with Crippen LogP contribution < -0.4 is 5.32 Å². The van der Waals surface area contributed by atoms with Crippen molar-refractivity contribution in [2.45, 2.75) is 26.3 Å². The molecule has 0 spiro atoms. The van der Waals surface area contributed by atoms with Crippen molar-refractivity contribution in [1.82, 2.24) is 5.32 Å². The van der Waals surface area contributed by atoms with Gasteiger partial charge in [0.2, 0.25) is 5.91 Å². The molecule has 6 heteroatoms. The van der Waals surface area contributed by atoms with Gasteiger partial charge in [-0.15, -0.1) is 0 Å². The van der Waals surface area contributed by atoms with E-state index in [1.54, 1.807) is 31.2 Å². The first-order valence-electron chi connectivity index (χ1n) is 6.15. The second kappa shape index (κ2) is 7.65. The van der Waals surface area contributed by atoms with Crippen molar-refractivity contribution in [2.24, 2.45) is 0 Å². The van der Waals surface area contributed by atoms with Gasteiger partial charge in [0.05, 0.1) is 6.61 Å². The quantitative estimate of drug-likeness (QED) is 0.644. The number of ketones is 1. The highest BCUT2D eigenvalue weighted by Crippen LogP contribution is 2.17. The van der Waals surface area contributed by atoms with Gasteiger partial charge in [0, 0.05) is 5.02 Å². The van der Waals surface area contributed by atoms with Crippen molar-refractivity contribution in [2.75, 3.05) is 6.61 Å². The summed E-state index contributed by atoms with van der Waals surface area (Å²) >= 11 is 5.77. The summed E-state index contributed by atoms with van der Waals surface area (Å²) in [6.45, 7) is 3.23. The highest BCUT2D eigenvalue weighted by molar-refractivity contribution is 6.30. The molecule has 108 valence electrons. The van der Waals surface area contributed by atoms with Crippen LogP contribution in [-0.2, 0) is 19.1 Å². The van der Waals surface area contributed by atoms with Crippen molar-refractivity contribution in [1.29, 1.82) is 0 Å². The standard InChI is InChI=1S/C14H16ClNO4/c1-3-20-13(19)8-12(18)16-14(9(2)17)10-4-6-11(15)7-5-10/h4-7,14H,3,8H2,1-2H3,(H,16,18). The zero-order chi connectivity index (χ0) is 15.1. The molecule has 1 amide bonds. The average Bonchev–Trinajstić information content (AvgIpc) is 2.37. The Morgan fingerprint density at radius 2 is 1.85 bits per heavy atom. The van der Waals surface area contributed by atoms with Crippen molar-refractivity contribution in [3.05, 3.63) is 34.9 Å². The van der Waals surface area contributed by atoms with E-state index in [4.69, 9.17) is 11.6 Å². The van der Waals surface area contributed by atoms with Crippen LogP contribution in [0, 0.1) is 0 Å². The maximum absolute atomic E-state index is 11.7. The number of ether oxygens (including phenoxy) is 1. The van der Waals surface area contributed by atoms with Gasteiger partial charge in [-0.2, -0.15) is 0 Å². The zero-order valence-corrected chi connectivity index (χ0v) is 12.1. The predicted molar refractivity (Wildman–Crippen MR) is 74.3 cm³/mol. The number of halogens is 1. The summed E-state index contributed by atoms with van der Waals surface area (Å²) in [6.07, 6.45) is -0.411. The maximum atomic E-state index is 11.7. The zero-order valence-electron chi connectivity index (χ0n) is 11.3. The molecule has 1 aromatic rings. The average molecular weight is 298 g/mol. The van der Waals surface area contributed by atoms with E-state index in [1.807, 2.05) is 0 Å². The number of hydrogen-bond acceptors (Lipinski definition) is 4. The van der Waals surface area contributed by atoms with E-state index >= 15 is 0 Å². The lowest BCUT2D eigenvalue weighted by molar-refractivity contribution is -0.146. The maximum Gasteiger partial charge on any atom is 0.315 e. The van der Waals surface area contributed by atoms with Crippen LogP contribution >= 0.6 is 11.6 Å². The number of carbonyl (C=O) groups is 3. The molecule has 0 bridgehead atoms. The lowest BCUT2D eigenvalue weighted by Crippen LogP contribution is -2.34. The number of carbonyl (C=O) groups excluding carboxylic acids is 3. The molecule has 0 aromatic heterocycles. The van der Waals surface area contributed by atoms with E-state index in [9.17, 15) is 14.4 Å². The van der Waals surface area contributed by atoms with Gasteiger partial charge in [-0.3, -0.25) is 14.4 Å². The third-order valence-corrected chi connectivity index (χ3v) is 2.78. The lowest BCUT2D eigenvalue weighted by Gasteiger charge is -2.16. The van der Waals surface area contributed by atoms with Crippen LogP contribution in [0.5, 0.6) is 0 Å². The Bertz CT molecular complexity index is 498. The predicted octanol–water partition coefficient (Wildman–Crippen LogP) is 2.04. The number of benzene rings is 1. The highest BCUT2D eigenvalue weighted by Gasteiger charge is 2.20. The van der Waals surface area contributed by atoms with Gasteiger partial charge in [0.1, 0.15) is 12.5 Å². The molecule has 0 saturated carbocycles. The van der Waals surface area contributed by atoms with E-state index in [0.29, 0.717) is 10.6 Å². The Morgan fingerprint density at radius 1 is 1.25 bits per heavy atom. The second-order valence-corrected chi connectivity index (χ2v) is 4.58. The van der Waals surface area contributed by atoms with E-state index < -0.39 is 24.3 Å². The lowest BCUT2D eigenvalue weighted by atomic mass is 10.0. The summed E-state index contributed by atoms with van der Waals surface area (Å²) in [6, 6.07) is 5.77. The fraction of sp³-hybridized carbons (Fsp3) is 0.357. The summed E-state index contributed by atoms with van der Waals surface area (Å²) in [4.78, 5) is 34.5. The minimum atomic E-state index is -0.797. The van der Waals surface area contributed by atoms with E-state index in [-0.39, 0.29) is 12.4 Å². The molecule has 0 aliphatic carbocycles. The third kappa shape index (κ3) is 5.01. The van der Waals surface area contributed by atoms with Gasteiger partial charge < -0.3 is 10.1 Å². The van der Waals surface area contributed by atoms with Gasteiger partial charge in [-0.1, -0.05) is 23.7 Å². The Morgan fingerprint density at radius 3 is 2.35 bits per heavy atom. The molecule has 20 heavy (non-hydrogen) atoms. The van der Waals surface area contributed by atoms with Crippen LogP contribution in [0.4, 0.5) is 0 Å². The summed E-state index contributed by atoms with van der Waals surface area (Å²) in [7, 11) is 0. The molecule has 0 fully saturated rings. The summed E-state index contributed by atoms with van der Waals surface area (Å²) in [5, 5.41) is 3.05. The Labute approximate surface area is 122 Å². The topological polar surface area (TPSA) is 72.5 Å². The first-order valence-corrected chi connectivity index (χ1v) is 6.52. The fourth-order valence-electron chi connectivity index (χ4n) is 1.63. The van der Waals surface area contributed by atoms with E-state index in [2.05, 4.69) is 10.1 Å². The SMILES string of the molecule is CCOC(=O)CC(=O)NC(C(C)=O)c1ccc(Cl)cc1. The van der Waals surface area contributed by atoms with E-state index in [0.717, 1.165) is 0 Å². The molecule has 0 radical (unpaired) electrons. The molecule has 5 nitrogen and oxygen atoms in total. The van der Waals surface area contributed by atoms with Gasteiger partial charge in [0.15, 0.2) is 5.78 Å². The van der Waals surface area contributed by atoms with Crippen LogP contribution in [-0.4, -0.2) is 24.3 Å². The van der Waals surface area contributed by atoms with Crippen molar-refractivity contribution in [3.8, 4) is 0 Å². The molecule has 1 N–H and O–H groups in total. The number of Topliss-reactive ketones (excluding diaryl/α,β-unsaturated/α-hetero) is 1. The van der Waals surface area contributed by atoms with Crippen LogP contribution in [0.3, 0.4) is 0 Å². The summed E-state index contributed by atoms with van der Waals surface area (Å²) < 4.78 is 4.67. The van der Waals surface area contributed by atoms with E-state index in [1.165, 1.54) is 6.92 Å². The van der Waals surface area contributed by atoms with Gasteiger partial charge in [0.25, 0.3) is 0 Å². The van der Waals surface area contributed by atoms with Crippen LogP contribution in [0.2, 0.25) is 5.02 Å². The molecular formula is C14H16ClNO4. The van der Waals surface area contributed by atoms with Crippen molar-refractivity contribution < 1.29 is 19.1 Å². The minimum absolute atomic E-state index is 0.208.